The Bertz CT molecular complexity index is 3170. The number of fused-ring (bicyclic) bond motifs is 10. The monoisotopic (exact) mass is 693 g/mol. The van der Waals surface area contributed by atoms with Crippen molar-refractivity contribution in [1.82, 2.24) is 0 Å². The van der Waals surface area contributed by atoms with E-state index in [4.69, 9.17) is 4.42 Å². The molecular formula is C50H31NOS. The van der Waals surface area contributed by atoms with Gasteiger partial charge in [0.05, 0.1) is 0 Å². The van der Waals surface area contributed by atoms with Crippen molar-refractivity contribution in [2.45, 2.75) is 0 Å². The molecule has 0 saturated heterocycles. The van der Waals surface area contributed by atoms with Crippen molar-refractivity contribution in [3.63, 3.8) is 0 Å². The Kier molecular flexibility index (Phi) is 6.76. The average molecular weight is 694 g/mol. The molecule has 2 nitrogen and oxygen atoms in total. The van der Waals surface area contributed by atoms with Crippen LogP contribution >= 0.6 is 11.3 Å². The van der Waals surface area contributed by atoms with E-state index in [0.29, 0.717) is 0 Å². The molecule has 0 unspecified atom stereocenters. The largest absolute Gasteiger partial charge is 0.455 e. The number of benzene rings is 9. The molecule has 2 heterocycles. The van der Waals surface area contributed by atoms with Gasteiger partial charge in [-0.25, -0.2) is 0 Å². The smallest absolute Gasteiger partial charge is 0.143 e. The Hall–Kier alpha value is -6.68. The van der Waals surface area contributed by atoms with Crippen molar-refractivity contribution in [2.75, 3.05) is 4.90 Å². The lowest BCUT2D eigenvalue weighted by Crippen LogP contribution is -2.10. The maximum Gasteiger partial charge on any atom is 0.143 e. The molecule has 3 heteroatoms. The molecule has 0 aliphatic heterocycles. The van der Waals surface area contributed by atoms with Gasteiger partial charge in [0.25, 0.3) is 0 Å². The first-order valence-corrected chi connectivity index (χ1v) is 18.8. The number of nitrogens with zero attached hydrogens (tertiary/aromatic N) is 1. The topological polar surface area (TPSA) is 16.4 Å². The summed E-state index contributed by atoms with van der Waals surface area (Å²) in [6, 6.07) is 68.0. The van der Waals surface area contributed by atoms with E-state index in [9.17, 15) is 0 Å². The number of hydrogen-bond acceptors (Lipinski definition) is 3. The van der Waals surface area contributed by atoms with Gasteiger partial charge in [0, 0.05) is 53.4 Å². The molecule has 2 aromatic heterocycles. The first kappa shape index (κ1) is 30.0. The number of anilines is 3. The van der Waals surface area contributed by atoms with E-state index in [0.717, 1.165) is 39.0 Å². The highest BCUT2D eigenvalue weighted by Gasteiger charge is 2.20. The third-order valence-electron chi connectivity index (χ3n) is 10.6. The molecule has 0 N–H and O–H groups in total. The zero-order valence-corrected chi connectivity index (χ0v) is 29.5. The summed E-state index contributed by atoms with van der Waals surface area (Å²) in [6.45, 7) is 0. The van der Waals surface area contributed by atoms with Crippen molar-refractivity contribution in [3.05, 3.63) is 188 Å². The fourth-order valence-corrected chi connectivity index (χ4v) is 9.25. The molecule has 0 aliphatic rings. The third kappa shape index (κ3) is 4.86. The molecule has 11 aromatic rings. The van der Waals surface area contributed by atoms with Crippen LogP contribution in [0.5, 0.6) is 0 Å². The van der Waals surface area contributed by atoms with Crippen LogP contribution in [0.4, 0.5) is 17.1 Å². The fourth-order valence-electron chi connectivity index (χ4n) is 8.16. The molecule has 0 amide bonds. The molecule has 0 atom stereocenters. The van der Waals surface area contributed by atoms with Gasteiger partial charge in [0.1, 0.15) is 11.2 Å². The van der Waals surface area contributed by atoms with Gasteiger partial charge in [-0.05, 0) is 99.1 Å². The van der Waals surface area contributed by atoms with Crippen LogP contribution in [-0.2, 0) is 0 Å². The second kappa shape index (κ2) is 11.9. The van der Waals surface area contributed by atoms with Crippen molar-refractivity contribution >= 4 is 92.1 Å². The minimum atomic E-state index is 0.921. The van der Waals surface area contributed by atoms with E-state index < -0.39 is 0 Å². The highest BCUT2D eigenvalue weighted by Crippen LogP contribution is 2.46. The van der Waals surface area contributed by atoms with E-state index in [2.05, 4.69) is 193 Å². The van der Waals surface area contributed by atoms with Crippen LogP contribution in [0, 0.1) is 0 Å². The lowest BCUT2D eigenvalue weighted by atomic mass is 9.97. The van der Waals surface area contributed by atoms with Crippen LogP contribution in [0.3, 0.4) is 0 Å². The van der Waals surface area contributed by atoms with Gasteiger partial charge in [-0.3, -0.25) is 0 Å². The zero-order chi connectivity index (χ0) is 34.9. The van der Waals surface area contributed by atoms with Gasteiger partial charge in [-0.2, -0.15) is 0 Å². The molecule has 0 spiro atoms. The highest BCUT2D eigenvalue weighted by molar-refractivity contribution is 7.26. The van der Waals surface area contributed by atoms with Gasteiger partial charge in [0.15, 0.2) is 0 Å². The van der Waals surface area contributed by atoms with E-state index in [-0.39, 0.29) is 0 Å². The maximum absolute atomic E-state index is 6.64. The molecule has 9 aromatic carbocycles. The fraction of sp³-hybridized carbons (Fsp3) is 0. The molecular weight excluding hydrogens is 663 g/mol. The van der Waals surface area contributed by atoms with Gasteiger partial charge in [0.2, 0.25) is 0 Å². The summed E-state index contributed by atoms with van der Waals surface area (Å²) in [5, 5.41) is 9.65. The third-order valence-corrected chi connectivity index (χ3v) is 11.8. The van der Waals surface area contributed by atoms with Crippen LogP contribution in [0.2, 0.25) is 0 Å². The number of hydrogen-bond donors (Lipinski definition) is 0. The second-order valence-corrected chi connectivity index (χ2v) is 14.8. The summed E-state index contributed by atoms with van der Waals surface area (Å²) in [5.74, 6) is 0. The van der Waals surface area contributed by atoms with Crippen LogP contribution in [0.25, 0.3) is 85.9 Å². The number of furan rings is 1. The quantitative estimate of drug-likeness (QED) is 0.178. The second-order valence-electron chi connectivity index (χ2n) is 13.7. The van der Waals surface area contributed by atoms with Crippen LogP contribution in [0.1, 0.15) is 0 Å². The highest BCUT2D eigenvalue weighted by atomic mass is 32.1. The Labute approximate surface area is 310 Å². The summed E-state index contributed by atoms with van der Waals surface area (Å²) in [4.78, 5) is 2.40. The van der Waals surface area contributed by atoms with Gasteiger partial charge in [-0.15, -0.1) is 11.3 Å². The van der Waals surface area contributed by atoms with E-state index in [1.165, 1.54) is 64.0 Å². The number of rotatable bonds is 5. The SMILES string of the molecule is c1ccc(-c2ccc(N(c3cccc(-c4cccc5ccccc45)c3)c3ccc4sc5ccc6oc7c8ccccc8ccc7c6c5c4c3)cc2)cc1. The first-order chi connectivity index (χ1) is 26.3. The normalized spacial score (nSPS) is 11.8. The molecule has 0 radical (unpaired) electrons. The summed E-state index contributed by atoms with van der Waals surface area (Å²) in [6.07, 6.45) is 0. The van der Waals surface area contributed by atoms with Crippen LogP contribution in [-0.4, -0.2) is 0 Å². The summed E-state index contributed by atoms with van der Waals surface area (Å²) < 4.78 is 9.16. The van der Waals surface area contributed by atoms with Crippen molar-refractivity contribution in [1.29, 1.82) is 0 Å². The molecule has 0 aliphatic carbocycles. The Morgan fingerprint density at radius 2 is 1.04 bits per heavy atom. The first-order valence-electron chi connectivity index (χ1n) is 18.0. The maximum atomic E-state index is 6.64. The van der Waals surface area contributed by atoms with Crippen molar-refractivity contribution in [2.24, 2.45) is 0 Å². The Morgan fingerprint density at radius 1 is 0.377 bits per heavy atom. The molecule has 53 heavy (non-hydrogen) atoms. The predicted octanol–water partition coefficient (Wildman–Crippen LogP) is 15.1. The summed E-state index contributed by atoms with van der Waals surface area (Å²) in [7, 11) is 0. The van der Waals surface area contributed by atoms with Crippen molar-refractivity contribution in [3.8, 4) is 22.3 Å². The van der Waals surface area contributed by atoms with Gasteiger partial charge < -0.3 is 9.32 Å². The zero-order valence-electron chi connectivity index (χ0n) is 28.7. The van der Waals surface area contributed by atoms with E-state index in [1.54, 1.807) is 0 Å². The molecule has 0 bridgehead atoms. The van der Waals surface area contributed by atoms with E-state index >= 15 is 0 Å². The summed E-state index contributed by atoms with van der Waals surface area (Å²) >= 11 is 1.84. The lowest BCUT2D eigenvalue weighted by Gasteiger charge is -2.26. The lowest BCUT2D eigenvalue weighted by molar-refractivity contribution is 0.673. The number of thiophene rings is 1. The average Bonchev–Trinajstić information content (AvgIpc) is 3.80. The van der Waals surface area contributed by atoms with E-state index in [1.807, 2.05) is 11.3 Å². The van der Waals surface area contributed by atoms with Crippen LogP contribution in [0.15, 0.2) is 192 Å². The predicted molar refractivity (Wildman–Crippen MR) is 227 cm³/mol. The minimum absolute atomic E-state index is 0.921. The van der Waals surface area contributed by atoms with Gasteiger partial charge >= 0.3 is 0 Å². The standard InChI is InChI=1S/C50H31NOS/c1-2-10-32(11-3-1)33-20-23-37(24-21-33)51(38-16-8-15-36(30-38)41-19-9-14-34-12-4-6-17-40(34)41)39-25-28-46-44(31-39)49-47(53-46)29-27-45-48(49)43-26-22-35-13-5-7-18-42(35)50(43)52-45/h1-31H. The Morgan fingerprint density at radius 3 is 1.91 bits per heavy atom. The van der Waals surface area contributed by atoms with Gasteiger partial charge in [-0.1, -0.05) is 127 Å². The molecule has 0 saturated carbocycles. The minimum Gasteiger partial charge on any atom is -0.455 e. The molecule has 248 valence electrons. The summed E-state index contributed by atoms with van der Waals surface area (Å²) in [5.41, 5.74) is 10.00. The Balaban J connectivity index is 1.13. The molecule has 11 rings (SSSR count). The van der Waals surface area contributed by atoms with Crippen molar-refractivity contribution < 1.29 is 4.42 Å². The molecule has 0 fully saturated rings. The van der Waals surface area contributed by atoms with Crippen LogP contribution < -0.4 is 4.90 Å².